The monoisotopic (exact) mass is 214 g/mol. The number of hydrogen-bond acceptors (Lipinski definition) is 4. The van der Waals surface area contributed by atoms with E-state index in [9.17, 15) is 4.79 Å². The summed E-state index contributed by atoms with van der Waals surface area (Å²) in [6.45, 7) is 3.06. The quantitative estimate of drug-likeness (QED) is 0.536. The van der Waals surface area contributed by atoms with Crippen molar-refractivity contribution in [3.63, 3.8) is 0 Å². The maximum Gasteiger partial charge on any atom is 0.198 e. The molecule has 0 aliphatic heterocycles. The first-order chi connectivity index (χ1) is 6.75. The van der Waals surface area contributed by atoms with Crippen molar-refractivity contribution in [3.05, 3.63) is 21.9 Å². The Bertz CT molecular complexity index is 293. The van der Waals surface area contributed by atoms with Gasteiger partial charge >= 0.3 is 0 Å². The van der Waals surface area contributed by atoms with Gasteiger partial charge in [0.2, 0.25) is 0 Å². The van der Waals surface area contributed by atoms with Crippen molar-refractivity contribution in [2.75, 3.05) is 26.9 Å². The Kier molecular flexibility index (Phi) is 4.79. The molecule has 0 aromatic carbocycles. The predicted molar refractivity (Wildman–Crippen MR) is 56.1 cm³/mol. The molecule has 1 heterocycles. The molecule has 0 N–H and O–H groups in total. The van der Waals surface area contributed by atoms with Crippen LogP contribution < -0.4 is 0 Å². The van der Waals surface area contributed by atoms with Crippen LogP contribution in [0.4, 0.5) is 0 Å². The van der Waals surface area contributed by atoms with Crippen LogP contribution in [0.3, 0.4) is 0 Å². The Labute approximate surface area is 87.7 Å². The van der Waals surface area contributed by atoms with Gasteiger partial charge in [-0.1, -0.05) is 0 Å². The minimum Gasteiger partial charge on any atom is -0.382 e. The van der Waals surface area contributed by atoms with Crippen molar-refractivity contribution in [2.24, 2.45) is 0 Å². The number of thiophene rings is 1. The van der Waals surface area contributed by atoms with Crippen molar-refractivity contribution < 1.29 is 14.3 Å². The standard InChI is InChI=1S/C10H14O3S/c1-8-3-6-14-10(8)9(11)7-13-5-4-12-2/h3,6H,4-5,7H2,1-2H3. The van der Waals surface area contributed by atoms with Crippen molar-refractivity contribution in [3.8, 4) is 0 Å². The van der Waals surface area contributed by atoms with Crippen LogP contribution in [0, 0.1) is 6.92 Å². The smallest absolute Gasteiger partial charge is 0.198 e. The Morgan fingerprint density at radius 1 is 1.50 bits per heavy atom. The second-order valence-corrected chi connectivity index (χ2v) is 3.82. The number of methoxy groups -OCH3 is 1. The Morgan fingerprint density at radius 2 is 2.29 bits per heavy atom. The van der Waals surface area contributed by atoms with Crippen molar-refractivity contribution in [2.45, 2.75) is 6.92 Å². The maximum atomic E-state index is 11.5. The second-order valence-electron chi connectivity index (χ2n) is 2.90. The summed E-state index contributed by atoms with van der Waals surface area (Å²) in [4.78, 5) is 12.3. The molecular formula is C10H14O3S. The van der Waals surface area contributed by atoms with Gasteiger partial charge in [0.05, 0.1) is 18.1 Å². The molecule has 0 aliphatic rings. The summed E-state index contributed by atoms with van der Waals surface area (Å²) in [7, 11) is 1.61. The first kappa shape index (κ1) is 11.4. The molecule has 0 fully saturated rings. The fraction of sp³-hybridized carbons (Fsp3) is 0.500. The molecule has 3 nitrogen and oxygen atoms in total. The van der Waals surface area contributed by atoms with Crippen LogP contribution in [-0.4, -0.2) is 32.7 Å². The van der Waals surface area contributed by atoms with E-state index in [1.807, 2.05) is 18.4 Å². The van der Waals surface area contributed by atoms with Gasteiger partial charge in [0, 0.05) is 7.11 Å². The molecule has 4 heteroatoms. The number of rotatable bonds is 6. The average Bonchev–Trinajstić information content (AvgIpc) is 2.59. The topological polar surface area (TPSA) is 35.5 Å². The van der Waals surface area contributed by atoms with Gasteiger partial charge in [-0.2, -0.15) is 0 Å². The van der Waals surface area contributed by atoms with Crippen LogP contribution in [0.2, 0.25) is 0 Å². The van der Waals surface area contributed by atoms with Crippen molar-refractivity contribution in [1.29, 1.82) is 0 Å². The van der Waals surface area contributed by atoms with Crippen LogP contribution in [0.15, 0.2) is 11.4 Å². The largest absolute Gasteiger partial charge is 0.382 e. The lowest BCUT2D eigenvalue weighted by molar-refractivity contribution is 0.0579. The van der Waals surface area contributed by atoms with Crippen molar-refractivity contribution in [1.82, 2.24) is 0 Å². The molecule has 0 bridgehead atoms. The summed E-state index contributed by atoms with van der Waals surface area (Å²) in [5.74, 6) is 0.0496. The van der Waals surface area contributed by atoms with Crippen LogP contribution >= 0.6 is 11.3 Å². The summed E-state index contributed by atoms with van der Waals surface area (Å²) in [5.41, 5.74) is 1.02. The molecule has 14 heavy (non-hydrogen) atoms. The molecule has 78 valence electrons. The molecule has 0 radical (unpaired) electrons. The fourth-order valence-corrected chi connectivity index (χ4v) is 1.88. The minimum absolute atomic E-state index is 0.0496. The molecule has 0 unspecified atom stereocenters. The normalized spacial score (nSPS) is 10.4. The first-order valence-corrected chi connectivity index (χ1v) is 5.27. The summed E-state index contributed by atoms with van der Waals surface area (Å²) < 4.78 is 9.95. The van der Waals surface area contributed by atoms with Crippen molar-refractivity contribution >= 4 is 17.1 Å². The van der Waals surface area contributed by atoms with Crippen LogP contribution in [-0.2, 0) is 9.47 Å². The summed E-state index contributed by atoms with van der Waals surface area (Å²) in [6.07, 6.45) is 0. The zero-order valence-corrected chi connectivity index (χ0v) is 9.23. The number of aryl methyl sites for hydroxylation is 1. The molecule has 0 saturated heterocycles. The van der Waals surface area contributed by atoms with E-state index in [2.05, 4.69) is 0 Å². The fourth-order valence-electron chi connectivity index (χ4n) is 1.03. The van der Waals surface area contributed by atoms with E-state index in [0.29, 0.717) is 13.2 Å². The molecule has 0 spiro atoms. The molecular weight excluding hydrogens is 200 g/mol. The van der Waals surface area contributed by atoms with Gasteiger partial charge in [0.15, 0.2) is 5.78 Å². The lowest BCUT2D eigenvalue weighted by atomic mass is 10.2. The third-order valence-electron chi connectivity index (χ3n) is 1.78. The molecule has 1 aromatic rings. The van der Waals surface area contributed by atoms with Crippen LogP contribution in [0.1, 0.15) is 15.2 Å². The highest BCUT2D eigenvalue weighted by Gasteiger charge is 2.09. The maximum absolute atomic E-state index is 11.5. The molecule has 1 rings (SSSR count). The highest BCUT2D eigenvalue weighted by atomic mass is 32.1. The van der Waals surface area contributed by atoms with E-state index in [4.69, 9.17) is 9.47 Å². The zero-order chi connectivity index (χ0) is 10.4. The third-order valence-corrected chi connectivity index (χ3v) is 2.84. The zero-order valence-electron chi connectivity index (χ0n) is 8.41. The molecule has 0 aliphatic carbocycles. The lowest BCUT2D eigenvalue weighted by Gasteiger charge is -2.01. The van der Waals surface area contributed by atoms with Gasteiger partial charge in [-0.25, -0.2) is 0 Å². The number of Topliss-reactive ketones (excluding diaryl/α,β-unsaturated/α-hetero) is 1. The Balaban J connectivity index is 2.32. The molecule has 0 atom stereocenters. The van der Waals surface area contributed by atoms with E-state index >= 15 is 0 Å². The summed E-state index contributed by atoms with van der Waals surface area (Å²) in [6, 6.07) is 1.94. The van der Waals surface area contributed by atoms with Gasteiger partial charge in [0.25, 0.3) is 0 Å². The van der Waals surface area contributed by atoms with Crippen LogP contribution in [0.25, 0.3) is 0 Å². The van der Waals surface area contributed by atoms with E-state index in [1.165, 1.54) is 11.3 Å². The van der Waals surface area contributed by atoms with Gasteiger partial charge in [-0.05, 0) is 23.9 Å². The highest BCUT2D eigenvalue weighted by molar-refractivity contribution is 7.12. The Morgan fingerprint density at radius 3 is 2.86 bits per heavy atom. The van der Waals surface area contributed by atoms with E-state index in [0.717, 1.165) is 10.4 Å². The van der Waals surface area contributed by atoms with Gasteiger partial charge in [-0.3, -0.25) is 4.79 Å². The van der Waals surface area contributed by atoms with E-state index < -0.39 is 0 Å². The third kappa shape index (κ3) is 3.21. The minimum atomic E-state index is 0.0496. The SMILES string of the molecule is COCCOCC(=O)c1sccc1C. The van der Waals surface area contributed by atoms with Gasteiger partial charge in [0.1, 0.15) is 6.61 Å². The second kappa shape index (κ2) is 5.90. The first-order valence-electron chi connectivity index (χ1n) is 4.39. The van der Waals surface area contributed by atoms with Gasteiger partial charge in [-0.15, -0.1) is 11.3 Å². The summed E-state index contributed by atoms with van der Waals surface area (Å²) >= 11 is 1.46. The predicted octanol–water partition coefficient (Wildman–Crippen LogP) is 1.90. The number of carbonyl (C=O) groups excluding carboxylic acids is 1. The number of ether oxygens (including phenoxy) is 2. The molecule has 0 saturated carbocycles. The number of carbonyl (C=O) groups is 1. The molecule has 1 aromatic heterocycles. The summed E-state index contributed by atoms with van der Waals surface area (Å²) in [5, 5.41) is 1.91. The van der Waals surface area contributed by atoms with Gasteiger partial charge < -0.3 is 9.47 Å². The highest BCUT2D eigenvalue weighted by Crippen LogP contribution is 2.15. The van der Waals surface area contributed by atoms with E-state index in [-0.39, 0.29) is 12.4 Å². The van der Waals surface area contributed by atoms with Crippen LogP contribution in [0.5, 0.6) is 0 Å². The molecule has 0 amide bonds. The number of ketones is 1. The average molecular weight is 214 g/mol. The number of hydrogen-bond donors (Lipinski definition) is 0. The van der Waals surface area contributed by atoms with E-state index in [1.54, 1.807) is 7.11 Å². The lowest BCUT2D eigenvalue weighted by Crippen LogP contribution is -2.11. The Hall–Kier alpha value is -0.710.